The average Bonchev–Trinajstić information content (AvgIpc) is 2.78. The van der Waals surface area contributed by atoms with Crippen molar-refractivity contribution in [1.29, 1.82) is 0 Å². The fourth-order valence-electron chi connectivity index (χ4n) is 2.31. The third kappa shape index (κ3) is 2.01. The van der Waals surface area contributed by atoms with Gasteiger partial charge in [0.25, 0.3) is 0 Å². The van der Waals surface area contributed by atoms with Crippen molar-refractivity contribution in [1.82, 2.24) is 9.55 Å². The van der Waals surface area contributed by atoms with Gasteiger partial charge in [-0.25, -0.2) is 0 Å². The summed E-state index contributed by atoms with van der Waals surface area (Å²) >= 11 is 6.23. The molecule has 0 bridgehead atoms. The second-order valence-electron chi connectivity index (χ2n) is 4.51. The van der Waals surface area contributed by atoms with Crippen LogP contribution in [0.2, 0.25) is 5.02 Å². The van der Waals surface area contributed by atoms with Crippen molar-refractivity contribution in [2.24, 2.45) is 12.8 Å². The van der Waals surface area contributed by atoms with Crippen molar-refractivity contribution >= 4 is 22.5 Å². The molecule has 2 heterocycles. The van der Waals surface area contributed by atoms with Crippen LogP contribution in [-0.4, -0.2) is 9.55 Å². The van der Waals surface area contributed by atoms with E-state index in [9.17, 15) is 0 Å². The third-order valence-corrected chi connectivity index (χ3v) is 3.69. The molecular formula is C15H14ClN3. The molecule has 2 N–H and O–H groups in total. The van der Waals surface area contributed by atoms with E-state index in [1.807, 2.05) is 31.3 Å². The van der Waals surface area contributed by atoms with E-state index in [1.54, 1.807) is 6.20 Å². The molecule has 2 aromatic heterocycles. The number of nitrogens with two attached hydrogens (primary N) is 1. The number of hydrogen-bond donors (Lipinski definition) is 1. The van der Waals surface area contributed by atoms with Crippen molar-refractivity contribution < 1.29 is 0 Å². The van der Waals surface area contributed by atoms with Gasteiger partial charge in [0.15, 0.2) is 0 Å². The average molecular weight is 272 g/mol. The van der Waals surface area contributed by atoms with E-state index in [0.717, 1.165) is 32.9 Å². The largest absolute Gasteiger partial charge is 0.342 e. The quantitative estimate of drug-likeness (QED) is 0.777. The fourth-order valence-corrected chi connectivity index (χ4v) is 2.54. The Morgan fingerprint density at radius 2 is 2.11 bits per heavy atom. The Labute approximate surface area is 116 Å². The normalized spacial score (nSPS) is 11.1. The topological polar surface area (TPSA) is 43.8 Å². The molecule has 0 radical (unpaired) electrons. The monoisotopic (exact) mass is 271 g/mol. The minimum atomic E-state index is 0.514. The van der Waals surface area contributed by atoms with E-state index in [1.165, 1.54) is 0 Å². The molecule has 3 rings (SSSR count). The van der Waals surface area contributed by atoms with Crippen LogP contribution in [0, 0.1) is 0 Å². The second kappa shape index (κ2) is 4.68. The van der Waals surface area contributed by atoms with Gasteiger partial charge in [-0.15, -0.1) is 0 Å². The number of aryl methyl sites for hydroxylation is 1. The van der Waals surface area contributed by atoms with E-state index in [-0.39, 0.29) is 0 Å². The van der Waals surface area contributed by atoms with E-state index in [0.29, 0.717) is 6.54 Å². The Morgan fingerprint density at radius 1 is 1.26 bits per heavy atom. The van der Waals surface area contributed by atoms with Crippen LogP contribution in [0.4, 0.5) is 0 Å². The Kier molecular flexibility index (Phi) is 3.01. The summed E-state index contributed by atoms with van der Waals surface area (Å²) < 4.78 is 2.10. The van der Waals surface area contributed by atoms with Gasteiger partial charge in [0.05, 0.1) is 11.4 Å². The molecule has 3 aromatic rings. The maximum Gasteiger partial charge on any atom is 0.0869 e. The molecule has 0 aliphatic heterocycles. The molecule has 19 heavy (non-hydrogen) atoms. The standard InChI is InChI=1S/C15H14ClN3/c1-19-14-4-2-3-12(16)11(14)8-15(19)13-7-10(9-17)5-6-18-13/h2-8H,9,17H2,1H3. The molecule has 1 aromatic carbocycles. The first-order valence-corrected chi connectivity index (χ1v) is 6.48. The van der Waals surface area contributed by atoms with Crippen molar-refractivity contribution in [3.63, 3.8) is 0 Å². The minimum Gasteiger partial charge on any atom is -0.342 e. The number of hydrogen-bond acceptors (Lipinski definition) is 2. The highest BCUT2D eigenvalue weighted by Gasteiger charge is 2.11. The zero-order valence-corrected chi connectivity index (χ0v) is 11.4. The highest BCUT2D eigenvalue weighted by Crippen LogP contribution is 2.30. The lowest BCUT2D eigenvalue weighted by molar-refractivity contribution is 0.966. The Balaban J connectivity index is 2.25. The lowest BCUT2D eigenvalue weighted by Gasteiger charge is -2.05. The number of aromatic nitrogens is 2. The third-order valence-electron chi connectivity index (χ3n) is 3.36. The second-order valence-corrected chi connectivity index (χ2v) is 4.92. The maximum absolute atomic E-state index is 6.23. The van der Waals surface area contributed by atoms with Crippen molar-refractivity contribution in [3.8, 4) is 11.4 Å². The molecular weight excluding hydrogens is 258 g/mol. The number of fused-ring (bicyclic) bond motifs is 1. The van der Waals surface area contributed by atoms with Crippen LogP contribution in [0.15, 0.2) is 42.6 Å². The Hall–Kier alpha value is -1.84. The van der Waals surface area contributed by atoms with Gasteiger partial charge in [0, 0.05) is 35.7 Å². The summed E-state index contributed by atoms with van der Waals surface area (Å²) in [6, 6.07) is 11.9. The van der Waals surface area contributed by atoms with Gasteiger partial charge in [-0.2, -0.15) is 0 Å². The van der Waals surface area contributed by atoms with E-state index < -0.39 is 0 Å². The highest BCUT2D eigenvalue weighted by atomic mass is 35.5. The van der Waals surface area contributed by atoms with Crippen LogP contribution in [0.5, 0.6) is 0 Å². The summed E-state index contributed by atoms with van der Waals surface area (Å²) in [5, 5.41) is 1.80. The Morgan fingerprint density at radius 3 is 2.84 bits per heavy atom. The first-order chi connectivity index (χ1) is 9.20. The van der Waals surface area contributed by atoms with Gasteiger partial charge in [-0.3, -0.25) is 4.98 Å². The summed E-state index contributed by atoms with van der Waals surface area (Å²) in [6.45, 7) is 0.514. The SMILES string of the molecule is Cn1c(-c2cc(CN)ccn2)cc2c(Cl)cccc21. The van der Waals surface area contributed by atoms with Gasteiger partial charge in [-0.1, -0.05) is 17.7 Å². The predicted molar refractivity (Wildman–Crippen MR) is 79.1 cm³/mol. The van der Waals surface area contributed by atoms with Crippen LogP contribution in [0.25, 0.3) is 22.3 Å². The molecule has 3 nitrogen and oxygen atoms in total. The number of halogens is 1. The van der Waals surface area contributed by atoms with Crippen LogP contribution < -0.4 is 5.73 Å². The lowest BCUT2D eigenvalue weighted by atomic mass is 10.2. The van der Waals surface area contributed by atoms with Gasteiger partial charge in [0.1, 0.15) is 0 Å². The molecule has 0 amide bonds. The van der Waals surface area contributed by atoms with Crippen LogP contribution in [-0.2, 0) is 13.6 Å². The highest BCUT2D eigenvalue weighted by molar-refractivity contribution is 6.35. The summed E-state index contributed by atoms with van der Waals surface area (Å²) in [5.41, 5.74) is 9.80. The van der Waals surface area contributed by atoms with Crippen LogP contribution in [0.3, 0.4) is 0 Å². The smallest absolute Gasteiger partial charge is 0.0869 e. The lowest BCUT2D eigenvalue weighted by Crippen LogP contribution is -1.98. The number of benzene rings is 1. The molecule has 96 valence electrons. The van der Waals surface area contributed by atoms with Crippen molar-refractivity contribution in [2.75, 3.05) is 0 Å². The molecule has 0 atom stereocenters. The van der Waals surface area contributed by atoms with Crippen LogP contribution in [0.1, 0.15) is 5.56 Å². The summed E-state index contributed by atoms with van der Waals surface area (Å²) in [5.74, 6) is 0. The molecule has 0 spiro atoms. The molecule has 0 aliphatic carbocycles. The zero-order chi connectivity index (χ0) is 13.4. The van der Waals surface area contributed by atoms with E-state index >= 15 is 0 Å². The number of nitrogens with zero attached hydrogens (tertiary/aromatic N) is 2. The predicted octanol–water partition coefficient (Wildman–Crippen LogP) is 3.35. The van der Waals surface area contributed by atoms with Crippen LogP contribution >= 0.6 is 11.6 Å². The van der Waals surface area contributed by atoms with Crippen molar-refractivity contribution in [3.05, 3.63) is 53.2 Å². The van der Waals surface area contributed by atoms with Gasteiger partial charge < -0.3 is 10.3 Å². The van der Waals surface area contributed by atoms with Gasteiger partial charge >= 0.3 is 0 Å². The molecule has 0 fully saturated rings. The number of rotatable bonds is 2. The van der Waals surface area contributed by atoms with E-state index in [4.69, 9.17) is 17.3 Å². The van der Waals surface area contributed by atoms with Crippen molar-refractivity contribution in [2.45, 2.75) is 6.54 Å². The van der Waals surface area contributed by atoms with Gasteiger partial charge in [-0.05, 0) is 35.9 Å². The summed E-state index contributed by atoms with van der Waals surface area (Å²) in [7, 11) is 2.02. The molecule has 0 saturated heterocycles. The first-order valence-electron chi connectivity index (χ1n) is 6.10. The molecule has 0 saturated carbocycles. The number of pyridine rings is 1. The summed E-state index contributed by atoms with van der Waals surface area (Å²) in [6.07, 6.45) is 1.79. The maximum atomic E-state index is 6.23. The minimum absolute atomic E-state index is 0.514. The first kappa shape index (κ1) is 12.2. The molecule has 4 heteroatoms. The Bertz CT molecular complexity index is 746. The molecule has 0 unspecified atom stereocenters. The summed E-state index contributed by atoms with van der Waals surface area (Å²) in [4.78, 5) is 4.42. The molecule has 0 aliphatic rings. The zero-order valence-electron chi connectivity index (χ0n) is 10.6. The fraction of sp³-hybridized carbons (Fsp3) is 0.133. The van der Waals surface area contributed by atoms with E-state index in [2.05, 4.69) is 21.7 Å². The van der Waals surface area contributed by atoms with Gasteiger partial charge in [0.2, 0.25) is 0 Å².